The fraction of sp³-hybridized carbons (Fsp3) is 1.00. The highest BCUT2D eigenvalue weighted by Gasteiger charge is 2.34. The molecule has 0 saturated carbocycles. The Kier molecular flexibility index (Phi) is 2.28. The van der Waals surface area contributed by atoms with E-state index in [-0.39, 0.29) is 19.3 Å². The first kappa shape index (κ1) is 7.98. The monoisotopic (exact) mass is 146 g/mol. The third kappa shape index (κ3) is 1.48. The van der Waals surface area contributed by atoms with Crippen molar-refractivity contribution in [3.05, 3.63) is 0 Å². The van der Waals surface area contributed by atoms with Crippen LogP contribution in [0.15, 0.2) is 0 Å². The zero-order valence-corrected chi connectivity index (χ0v) is 6.21. The highest BCUT2D eigenvalue weighted by molar-refractivity contribution is 4.83. The third-order valence-corrected chi connectivity index (χ3v) is 1.98. The van der Waals surface area contributed by atoms with E-state index in [2.05, 4.69) is 0 Å². The predicted molar refractivity (Wildman–Crippen MR) is 36.7 cm³/mol. The summed E-state index contributed by atoms with van der Waals surface area (Å²) in [6.45, 7) is 1.97. The average Bonchev–Trinajstić information content (AvgIpc) is 2.33. The molecule has 2 atom stereocenters. The summed E-state index contributed by atoms with van der Waals surface area (Å²) in [4.78, 5) is 0. The van der Waals surface area contributed by atoms with Gasteiger partial charge in [-0.2, -0.15) is 0 Å². The molecule has 0 bridgehead atoms. The quantitative estimate of drug-likeness (QED) is 0.572. The molecular weight excluding hydrogens is 132 g/mol. The molecule has 60 valence electrons. The lowest BCUT2D eigenvalue weighted by atomic mass is 10.0. The van der Waals surface area contributed by atoms with Crippen molar-refractivity contribution in [2.24, 2.45) is 0 Å². The number of hydrogen-bond acceptors (Lipinski definition) is 3. The average molecular weight is 146 g/mol. The van der Waals surface area contributed by atoms with Crippen LogP contribution in [0.4, 0.5) is 0 Å². The van der Waals surface area contributed by atoms with Crippen LogP contribution in [-0.4, -0.2) is 35.1 Å². The van der Waals surface area contributed by atoms with Gasteiger partial charge in [-0.15, -0.1) is 0 Å². The van der Waals surface area contributed by atoms with Gasteiger partial charge < -0.3 is 14.9 Å². The summed E-state index contributed by atoms with van der Waals surface area (Å²) < 4.78 is 5.35. The van der Waals surface area contributed by atoms with E-state index in [0.717, 1.165) is 12.8 Å². The van der Waals surface area contributed by atoms with Gasteiger partial charge in [-0.25, -0.2) is 0 Å². The fourth-order valence-electron chi connectivity index (χ4n) is 1.23. The van der Waals surface area contributed by atoms with E-state index in [1.165, 1.54) is 0 Å². The van der Waals surface area contributed by atoms with Crippen LogP contribution in [0.3, 0.4) is 0 Å². The number of ether oxygens (including phenoxy) is 1. The molecule has 3 nitrogen and oxygen atoms in total. The molecule has 0 aliphatic carbocycles. The van der Waals surface area contributed by atoms with Crippen molar-refractivity contribution in [2.45, 2.75) is 31.5 Å². The molecule has 2 N–H and O–H groups in total. The summed E-state index contributed by atoms with van der Waals surface area (Å²) in [6.07, 6.45) is 1.64. The molecule has 1 rings (SSSR count). The van der Waals surface area contributed by atoms with Crippen molar-refractivity contribution in [2.75, 3.05) is 13.2 Å². The van der Waals surface area contributed by atoms with Gasteiger partial charge in [-0.05, 0) is 19.8 Å². The molecule has 1 fully saturated rings. The van der Waals surface area contributed by atoms with E-state index >= 15 is 0 Å². The largest absolute Gasteiger partial charge is 0.394 e. The second-order valence-electron chi connectivity index (χ2n) is 3.07. The molecule has 0 amide bonds. The molecule has 0 radical (unpaired) electrons. The molecule has 0 spiro atoms. The lowest BCUT2D eigenvalue weighted by Crippen LogP contribution is -2.30. The lowest BCUT2D eigenvalue weighted by molar-refractivity contribution is -0.0745. The predicted octanol–water partition coefficient (Wildman–Crippen LogP) is -0.0913. The molecule has 3 heteroatoms. The molecule has 1 heterocycles. The Bertz CT molecular complexity index is 115. The minimum Gasteiger partial charge on any atom is -0.394 e. The number of aliphatic hydroxyl groups is 2. The molecule has 0 aromatic rings. The minimum absolute atomic E-state index is 0.0451. The van der Waals surface area contributed by atoms with Crippen LogP contribution >= 0.6 is 0 Å². The Labute approximate surface area is 60.6 Å². The summed E-state index contributed by atoms with van der Waals surface area (Å²) in [6, 6.07) is 0. The second-order valence-corrected chi connectivity index (χ2v) is 3.07. The number of rotatable bonds is 2. The van der Waals surface area contributed by atoms with Gasteiger partial charge in [0.2, 0.25) is 0 Å². The number of hydrogen-bond donors (Lipinski definition) is 2. The summed E-state index contributed by atoms with van der Waals surface area (Å²) in [5.41, 5.74) is -0.395. The first-order chi connectivity index (χ1) is 4.70. The topological polar surface area (TPSA) is 49.7 Å². The second kappa shape index (κ2) is 2.86. The van der Waals surface area contributed by atoms with Crippen molar-refractivity contribution < 1.29 is 14.9 Å². The normalized spacial score (nSPS) is 40.5. The van der Waals surface area contributed by atoms with Gasteiger partial charge in [0.05, 0.1) is 24.9 Å². The Morgan fingerprint density at radius 1 is 1.60 bits per heavy atom. The first-order valence-corrected chi connectivity index (χ1v) is 3.60. The Morgan fingerprint density at radius 2 is 2.30 bits per heavy atom. The summed E-state index contributed by atoms with van der Waals surface area (Å²) >= 11 is 0. The smallest absolute Gasteiger partial charge is 0.0890 e. The van der Waals surface area contributed by atoms with Crippen molar-refractivity contribution in [3.8, 4) is 0 Å². The molecular formula is C7H14O3. The highest BCUT2D eigenvalue weighted by atomic mass is 16.5. The Morgan fingerprint density at radius 3 is 2.60 bits per heavy atom. The van der Waals surface area contributed by atoms with E-state index in [9.17, 15) is 0 Å². The van der Waals surface area contributed by atoms with Crippen LogP contribution in [0.5, 0.6) is 0 Å². The van der Waals surface area contributed by atoms with E-state index in [0.29, 0.717) is 0 Å². The number of aliphatic hydroxyl groups excluding tert-OH is 2. The first-order valence-electron chi connectivity index (χ1n) is 3.60. The van der Waals surface area contributed by atoms with Crippen LogP contribution in [0, 0.1) is 0 Å². The van der Waals surface area contributed by atoms with Crippen LogP contribution < -0.4 is 0 Å². The molecule has 1 saturated heterocycles. The molecule has 1 unspecified atom stereocenters. The van der Waals surface area contributed by atoms with E-state index < -0.39 is 5.60 Å². The Hall–Kier alpha value is -0.120. The minimum atomic E-state index is -0.395. The van der Waals surface area contributed by atoms with E-state index in [1.807, 2.05) is 6.92 Å². The standard InChI is InChI=1S/C7H14O3/c1-7(5-9)3-2-6(4-8)10-7/h6,8-9H,2-5H2,1H3/t6?,7-/m1/s1. The van der Waals surface area contributed by atoms with Gasteiger partial charge in [0, 0.05) is 0 Å². The maximum atomic E-state index is 8.83. The molecule has 10 heavy (non-hydrogen) atoms. The van der Waals surface area contributed by atoms with Gasteiger partial charge in [0.25, 0.3) is 0 Å². The summed E-state index contributed by atoms with van der Waals surface area (Å²) in [7, 11) is 0. The molecule has 0 aromatic carbocycles. The van der Waals surface area contributed by atoms with E-state index in [1.54, 1.807) is 0 Å². The zero-order valence-electron chi connectivity index (χ0n) is 6.21. The molecule has 0 aromatic heterocycles. The maximum absolute atomic E-state index is 8.83. The van der Waals surface area contributed by atoms with Crippen molar-refractivity contribution >= 4 is 0 Å². The van der Waals surface area contributed by atoms with Crippen LogP contribution in [-0.2, 0) is 4.74 Å². The van der Waals surface area contributed by atoms with Crippen molar-refractivity contribution in [3.63, 3.8) is 0 Å². The van der Waals surface area contributed by atoms with Crippen molar-refractivity contribution in [1.29, 1.82) is 0 Å². The van der Waals surface area contributed by atoms with Crippen LogP contribution in [0.25, 0.3) is 0 Å². The lowest BCUT2D eigenvalue weighted by Gasteiger charge is -2.20. The Balaban J connectivity index is 2.41. The molecule has 1 aliphatic heterocycles. The molecule has 1 aliphatic rings. The SMILES string of the molecule is C[C@]1(CO)CCC(CO)O1. The van der Waals surface area contributed by atoms with Gasteiger partial charge in [0.15, 0.2) is 0 Å². The van der Waals surface area contributed by atoms with Crippen molar-refractivity contribution in [1.82, 2.24) is 0 Å². The van der Waals surface area contributed by atoms with Crippen LogP contribution in [0.2, 0.25) is 0 Å². The van der Waals surface area contributed by atoms with Gasteiger partial charge in [-0.3, -0.25) is 0 Å². The zero-order chi connectivity index (χ0) is 7.61. The fourth-order valence-corrected chi connectivity index (χ4v) is 1.23. The highest BCUT2D eigenvalue weighted by Crippen LogP contribution is 2.28. The maximum Gasteiger partial charge on any atom is 0.0890 e. The summed E-state index contributed by atoms with van der Waals surface area (Å²) in [5.74, 6) is 0. The van der Waals surface area contributed by atoms with Gasteiger partial charge in [0.1, 0.15) is 0 Å². The van der Waals surface area contributed by atoms with Crippen LogP contribution in [0.1, 0.15) is 19.8 Å². The van der Waals surface area contributed by atoms with E-state index in [4.69, 9.17) is 14.9 Å². The van der Waals surface area contributed by atoms with Gasteiger partial charge in [-0.1, -0.05) is 0 Å². The van der Waals surface area contributed by atoms with Gasteiger partial charge >= 0.3 is 0 Å². The third-order valence-electron chi connectivity index (χ3n) is 1.98. The summed E-state index contributed by atoms with van der Waals surface area (Å²) in [5, 5.41) is 17.5.